The van der Waals surface area contributed by atoms with Crippen molar-refractivity contribution in [2.24, 2.45) is 5.73 Å². The number of hydrogen-bond donors (Lipinski definition) is 3. The lowest BCUT2D eigenvalue weighted by molar-refractivity contribution is 0.102. The fraction of sp³-hybridized carbons (Fsp3) is 0.250. The molecule has 148 valence electrons. The molecule has 4 aromatic rings. The average molecular weight is 391 g/mol. The average Bonchev–Trinajstić information content (AvgIpc) is 3.35. The smallest absolute Gasteiger partial charge is 0.259 e. The number of H-pyrrole nitrogens is 1. The van der Waals surface area contributed by atoms with Gasteiger partial charge in [-0.25, -0.2) is 9.97 Å². The first-order valence-electron chi connectivity index (χ1n) is 9.26. The second kappa shape index (κ2) is 7.44. The first-order valence-corrected chi connectivity index (χ1v) is 9.26. The van der Waals surface area contributed by atoms with Gasteiger partial charge in [-0.2, -0.15) is 5.10 Å². The molecule has 3 heterocycles. The number of carbonyl (C=O) groups excluding carboxylic acids is 1. The fourth-order valence-corrected chi connectivity index (χ4v) is 3.01. The van der Waals surface area contributed by atoms with E-state index < -0.39 is 0 Å². The van der Waals surface area contributed by atoms with Crippen molar-refractivity contribution in [3.8, 4) is 11.4 Å². The maximum absolute atomic E-state index is 13.0. The van der Waals surface area contributed by atoms with Gasteiger partial charge in [0.2, 0.25) is 0 Å². The SMILES string of the molecule is Cc1noc2nc(C(C)C)cc(C(=O)Nc3ccc(-c4n[nH]c(CN)n4)cc3)c12. The zero-order valence-electron chi connectivity index (χ0n) is 16.4. The number of amides is 1. The Bertz CT molecular complexity index is 1180. The van der Waals surface area contributed by atoms with E-state index in [0.717, 1.165) is 11.3 Å². The zero-order valence-corrected chi connectivity index (χ0v) is 16.4. The number of aromatic amines is 1. The summed E-state index contributed by atoms with van der Waals surface area (Å²) in [6, 6.07) is 9.07. The van der Waals surface area contributed by atoms with Gasteiger partial charge in [0.1, 0.15) is 5.82 Å². The summed E-state index contributed by atoms with van der Waals surface area (Å²) in [7, 11) is 0. The first kappa shape index (κ1) is 18.8. The quantitative estimate of drug-likeness (QED) is 0.475. The van der Waals surface area contributed by atoms with Crippen LogP contribution < -0.4 is 11.1 Å². The third kappa shape index (κ3) is 3.59. The number of benzene rings is 1. The third-order valence-corrected chi connectivity index (χ3v) is 4.60. The Hall–Kier alpha value is -3.59. The van der Waals surface area contributed by atoms with Crippen LogP contribution in [-0.4, -0.2) is 31.2 Å². The van der Waals surface area contributed by atoms with Crippen molar-refractivity contribution < 1.29 is 9.32 Å². The molecule has 0 unspecified atom stereocenters. The normalized spacial score (nSPS) is 11.3. The van der Waals surface area contributed by atoms with Crippen LogP contribution in [0.4, 0.5) is 5.69 Å². The van der Waals surface area contributed by atoms with E-state index in [9.17, 15) is 4.79 Å². The van der Waals surface area contributed by atoms with Crippen LogP contribution in [-0.2, 0) is 6.54 Å². The van der Waals surface area contributed by atoms with Gasteiger partial charge in [0, 0.05) is 16.9 Å². The van der Waals surface area contributed by atoms with E-state index in [2.05, 4.69) is 30.6 Å². The Morgan fingerprint density at radius 3 is 2.66 bits per heavy atom. The monoisotopic (exact) mass is 391 g/mol. The van der Waals surface area contributed by atoms with Crippen molar-refractivity contribution in [3.63, 3.8) is 0 Å². The van der Waals surface area contributed by atoms with Crippen LogP contribution in [0.15, 0.2) is 34.9 Å². The highest BCUT2D eigenvalue weighted by atomic mass is 16.5. The zero-order chi connectivity index (χ0) is 20.5. The molecule has 0 aliphatic heterocycles. The predicted molar refractivity (Wildman–Crippen MR) is 108 cm³/mol. The molecule has 0 saturated carbocycles. The van der Waals surface area contributed by atoms with Crippen molar-refractivity contribution >= 4 is 22.7 Å². The molecule has 0 fully saturated rings. The topological polar surface area (TPSA) is 136 Å². The van der Waals surface area contributed by atoms with Crippen LogP contribution in [0.25, 0.3) is 22.5 Å². The summed E-state index contributed by atoms with van der Waals surface area (Å²) in [6.45, 7) is 6.11. The van der Waals surface area contributed by atoms with Gasteiger partial charge < -0.3 is 15.6 Å². The maximum Gasteiger partial charge on any atom is 0.259 e. The van der Waals surface area contributed by atoms with Crippen LogP contribution in [0.3, 0.4) is 0 Å². The molecule has 4 N–H and O–H groups in total. The number of anilines is 1. The molecule has 9 heteroatoms. The number of nitrogens with zero attached hydrogens (tertiary/aromatic N) is 4. The summed E-state index contributed by atoms with van der Waals surface area (Å²) in [6.07, 6.45) is 0. The van der Waals surface area contributed by atoms with Crippen LogP contribution >= 0.6 is 0 Å². The molecule has 1 aromatic carbocycles. The number of rotatable bonds is 5. The lowest BCUT2D eigenvalue weighted by Crippen LogP contribution is -2.13. The van der Waals surface area contributed by atoms with E-state index in [1.54, 1.807) is 25.1 Å². The van der Waals surface area contributed by atoms with Crippen molar-refractivity contribution in [1.29, 1.82) is 0 Å². The molecule has 4 rings (SSSR count). The minimum atomic E-state index is -0.248. The molecule has 1 amide bonds. The molecule has 0 radical (unpaired) electrons. The number of fused-ring (bicyclic) bond motifs is 1. The molecular weight excluding hydrogens is 370 g/mol. The predicted octanol–water partition coefficient (Wildman–Crippen LogP) is 3.15. The number of aromatic nitrogens is 5. The minimum Gasteiger partial charge on any atom is -0.336 e. The van der Waals surface area contributed by atoms with E-state index in [-0.39, 0.29) is 11.8 Å². The van der Waals surface area contributed by atoms with E-state index in [4.69, 9.17) is 10.3 Å². The fourth-order valence-electron chi connectivity index (χ4n) is 3.01. The molecule has 0 bridgehead atoms. The van der Waals surface area contributed by atoms with Gasteiger partial charge in [0.05, 0.1) is 23.2 Å². The number of hydrogen-bond acceptors (Lipinski definition) is 7. The molecule has 0 saturated heterocycles. The second-order valence-corrected chi connectivity index (χ2v) is 7.04. The molecule has 0 spiro atoms. The lowest BCUT2D eigenvalue weighted by atomic mass is 10.0. The highest BCUT2D eigenvalue weighted by molar-refractivity contribution is 6.12. The number of nitrogens with two attached hydrogens (primary N) is 1. The largest absolute Gasteiger partial charge is 0.336 e. The Kier molecular flexibility index (Phi) is 4.81. The molecule has 9 nitrogen and oxygen atoms in total. The third-order valence-electron chi connectivity index (χ3n) is 4.60. The molecular formula is C20H21N7O2. The van der Waals surface area contributed by atoms with Gasteiger partial charge in [-0.1, -0.05) is 19.0 Å². The Labute approximate surface area is 166 Å². The first-order chi connectivity index (χ1) is 14.0. The highest BCUT2D eigenvalue weighted by Crippen LogP contribution is 2.26. The van der Waals surface area contributed by atoms with Crippen molar-refractivity contribution in [3.05, 3.63) is 53.1 Å². The second-order valence-electron chi connectivity index (χ2n) is 7.04. The van der Waals surface area contributed by atoms with Crippen LogP contribution in [0.2, 0.25) is 0 Å². The summed E-state index contributed by atoms with van der Waals surface area (Å²) in [5.41, 5.74) is 9.28. The van der Waals surface area contributed by atoms with E-state index in [0.29, 0.717) is 46.2 Å². The number of aryl methyl sites for hydroxylation is 1. The number of carbonyl (C=O) groups is 1. The summed E-state index contributed by atoms with van der Waals surface area (Å²) >= 11 is 0. The van der Waals surface area contributed by atoms with E-state index in [1.807, 2.05) is 26.0 Å². The Morgan fingerprint density at radius 1 is 1.24 bits per heavy atom. The minimum absolute atomic E-state index is 0.149. The van der Waals surface area contributed by atoms with Crippen LogP contribution in [0.1, 0.15) is 47.3 Å². The van der Waals surface area contributed by atoms with Gasteiger partial charge >= 0.3 is 0 Å². The highest BCUT2D eigenvalue weighted by Gasteiger charge is 2.20. The molecule has 0 aliphatic rings. The summed E-state index contributed by atoms with van der Waals surface area (Å²) in [5, 5.41) is 14.4. The number of nitrogens with one attached hydrogen (secondary N) is 2. The van der Waals surface area contributed by atoms with E-state index in [1.165, 1.54) is 0 Å². The maximum atomic E-state index is 13.0. The van der Waals surface area contributed by atoms with Gasteiger partial charge in [0.25, 0.3) is 11.6 Å². The van der Waals surface area contributed by atoms with Crippen molar-refractivity contribution in [2.75, 3.05) is 5.32 Å². The molecule has 3 aromatic heterocycles. The van der Waals surface area contributed by atoms with Crippen LogP contribution in [0.5, 0.6) is 0 Å². The van der Waals surface area contributed by atoms with Crippen molar-refractivity contribution in [1.82, 2.24) is 25.3 Å². The van der Waals surface area contributed by atoms with Gasteiger partial charge in [0.15, 0.2) is 5.82 Å². The van der Waals surface area contributed by atoms with Gasteiger partial charge in [-0.3, -0.25) is 9.89 Å². The molecule has 0 atom stereocenters. The standard InChI is InChI=1S/C20H21N7O2/c1-10(2)15-8-14(17-11(3)27-29-20(17)23-15)19(28)22-13-6-4-12(5-7-13)18-24-16(9-21)25-26-18/h4-8,10H,9,21H2,1-3H3,(H,22,28)(H,24,25,26). The van der Waals surface area contributed by atoms with Gasteiger partial charge in [-0.15, -0.1) is 0 Å². The lowest BCUT2D eigenvalue weighted by Gasteiger charge is -2.10. The van der Waals surface area contributed by atoms with Crippen LogP contribution in [0, 0.1) is 6.92 Å². The Balaban J connectivity index is 1.61. The van der Waals surface area contributed by atoms with Gasteiger partial charge in [-0.05, 0) is 43.2 Å². The number of pyridine rings is 1. The van der Waals surface area contributed by atoms with Crippen molar-refractivity contribution in [2.45, 2.75) is 33.2 Å². The summed E-state index contributed by atoms with van der Waals surface area (Å²) in [5.74, 6) is 1.07. The Morgan fingerprint density at radius 2 is 2.00 bits per heavy atom. The molecule has 0 aliphatic carbocycles. The summed E-state index contributed by atoms with van der Waals surface area (Å²) < 4.78 is 5.29. The summed E-state index contributed by atoms with van der Waals surface area (Å²) in [4.78, 5) is 21.8. The van der Waals surface area contributed by atoms with E-state index >= 15 is 0 Å². The molecule has 29 heavy (non-hydrogen) atoms.